The summed E-state index contributed by atoms with van der Waals surface area (Å²) in [4.78, 5) is 16.5. The molecule has 1 amide bonds. The first kappa shape index (κ1) is 22.0. The molecule has 0 aliphatic rings. The molecular formula is C24H29N3O2S. The fourth-order valence-corrected chi connectivity index (χ4v) is 3.93. The number of rotatable bonds is 11. The van der Waals surface area contributed by atoms with Crippen LogP contribution in [0.3, 0.4) is 0 Å². The van der Waals surface area contributed by atoms with Gasteiger partial charge in [-0.15, -0.1) is 11.3 Å². The highest BCUT2D eigenvalue weighted by molar-refractivity contribution is 7.13. The number of hydrogen-bond acceptors (Lipinski definition) is 5. The highest BCUT2D eigenvalue weighted by Gasteiger charge is 2.09. The number of hydrogen-bond donors (Lipinski definition) is 3. The van der Waals surface area contributed by atoms with Crippen molar-refractivity contribution < 1.29 is 9.90 Å². The van der Waals surface area contributed by atoms with Gasteiger partial charge in [0.05, 0.1) is 12.3 Å². The summed E-state index contributed by atoms with van der Waals surface area (Å²) >= 11 is 1.30. The van der Waals surface area contributed by atoms with E-state index in [4.69, 9.17) is 5.11 Å². The summed E-state index contributed by atoms with van der Waals surface area (Å²) in [7, 11) is 0. The van der Waals surface area contributed by atoms with Crippen LogP contribution in [0.2, 0.25) is 0 Å². The van der Waals surface area contributed by atoms with E-state index in [0.29, 0.717) is 22.9 Å². The molecule has 0 aliphatic heterocycles. The molecule has 2 aromatic carbocycles. The molecule has 0 atom stereocenters. The zero-order valence-electron chi connectivity index (χ0n) is 17.4. The lowest BCUT2D eigenvalue weighted by atomic mass is 10.0. The van der Waals surface area contributed by atoms with Gasteiger partial charge >= 0.3 is 0 Å². The van der Waals surface area contributed by atoms with Crippen molar-refractivity contribution in [2.24, 2.45) is 0 Å². The quantitative estimate of drug-likeness (QED) is 0.350. The van der Waals surface area contributed by atoms with Gasteiger partial charge in [0.15, 0.2) is 5.13 Å². The van der Waals surface area contributed by atoms with Crippen molar-refractivity contribution in [1.82, 2.24) is 4.98 Å². The molecule has 1 heterocycles. The van der Waals surface area contributed by atoms with Gasteiger partial charge in [0, 0.05) is 23.2 Å². The SMILES string of the molecule is CCCCCCc1ccccc1NCc1ccc(C(=O)Nc2nc(CO)cs2)cc1. The van der Waals surface area contributed by atoms with Crippen LogP contribution in [-0.2, 0) is 19.6 Å². The highest BCUT2D eigenvalue weighted by Crippen LogP contribution is 2.20. The number of thiazole rings is 1. The number of nitrogens with one attached hydrogen (secondary N) is 2. The minimum atomic E-state index is -0.203. The van der Waals surface area contributed by atoms with Crippen molar-refractivity contribution in [3.05, 3.63) is 76.3 Å². The summed E-state index contributed by atoms with van der Waals surface area (Å²) in [5, 5.41) is 17.6. The standard InChI is InChI=1S/C24H29N3O2S/c1-2-3-4-5-8-19-9-6-7-10-22(19)25-15-18-11-13-20(14-12-18)23(29)27-24-26-21(16-28)17-30-24/h6-7,9-14,17,25,28H,2-5,8,15-16H2,1H3,(H,26,27,29). The zero-order valence-corrected chi connectivity index (χ0v) is 18.2. The maximum Gasteiger partial charge on any atom is 0.257 e. The van der Waals surface area contributed by atoms with E-state index in [1.54, 1.807) is 5.38 Å². The Hall–Kier alpha value is -2.70. The van der Waals surface area contributed by atoms with Gasteiger partial charge in [-0.05, 0) is 42.2 Å². The van der Waals surface area contributed by atoms with Crippen LogP contribution in [0.15, 0.2) is 53.9 Å². The molecule has 0 bridgehead atoms. The van der Waals surface area contributed by atoms with Crippen LogP contribution in [0.5, 0.6) is 0 Å². The van der Waals surface area contributed by atoms with E-state index in [0.717, 1.165) is 12.0 Å². The number of para-hydroxylation sites is 1. The van der Waals surface area contributed by atoms with E-state index in [1.165, 1.54) is 48.3 Å². The van der Waals surface area contributed by atoms with Crippen LogP contribution in [0.4, 0.5) is 10.8 Å². The van der Waals surface area contributed by atoms with Gasteiger partial charge in [0.2, 0.25) is 0 Å². The minimum Gasteiger partial charge on any atom is -0.390 e. The van der Waals surface area contributed by atoms with Crippen LogP contribution in [0.25, 0.3) is 0 Å². The Morgan fingerprint density at radius 3 is 2.60 bits per heavy atom. The molecule has 3 rings (SSSR count). The maximum absolute atomic E-state index is 12.4. The first-order valence-corrected chi connectivity index (χ1v) is 11.3. The second-order valence-electron chi connectivity index (χ2n) is 7.27. The first-order chi connectivity index (χ1) is 14.7. The Morgan fingerprint density at radius 1 is 1.07 bits per heavy atom. The Balaban J connectivity index is 1.54. The number of aryl methyl sites for hydroxylation is 1. The Morgan fingerprint density at radius 2 is 1.87 bits per heavy atom. The van der Waals surface area contributed by atoms with Crippen molar-refractivity contribution in [1.29, 1.82) is 0 Å². The molecule has 6 heteroatoms. The van der Waals surface area contributed by atoms with Gasteiger partial charge in [0.1, 0.15) is 0 Å². The summed E-state index contributed by atoms with van der Waals surface area (Å²) in [6, 6.07) is 16.1. The van der Waals surface area contributed by atoms with Crippen LogP contribution >= 0.6 is 11.3 Å². The second-order valence-corrected chi connectivity index (χ2v) is 8.13. The summed E-state index contributed by atoms with van der Waals surface area (Å²) in [6.07, 6.45) is 6.13. The van der Waals surface area contributed by atoms with Gasteiger partial charge in [-0.3, -0.25) is 10.1 Å². The summed E-state index contributed by atoms with van der Waals surface area (Å²) in [5.41, 5.74) is 4.79. The fourth-order valence-electron chi connectivity index (χ4n) is 3.23. The number of aliphatic hydroxyl groups is 1. The van der Waals surface area contributed by atoms with Crippen LogP contribution in [-0.4, -0.2) is 16.0 Å². The third-order valence-electron chi connectivity index (χ3n) is 4.95. The average Bonchev–Trinajstić information content (AvgIpc) is 3.24. The number of aliphatic hydroxyl groups excluding tert-OH is 1. The van der Waals surface area contributed by atoms with Crippen molar-refractivity contribution in [3.63, 3.8) is 0 Å². The van der Waals surface area contributed by atoms with E-state index < -0.39 is 0 Å². The Bertz CT molecular complexity index is 938. The van der Waals surface area contributed by atoms with Crippen LogP contribution in [0, 0.1) is 0 Å². The van der Waals surface area contributed by atoms with Gasteiger partial charge in [-0.2, -0.15) is 0 Å². The third kappa shape index (κ3) is 6.40. The average molecular weight is 424 g/mol. The van der Waals surface area contributed by atoms with Crippen LogP contribution < -0.4 is 10.6 Å². The molecule has 30 heavy (non-hydrogen) atoms. The van der Waals surface area contributed by atoms with E-state index >= 15 is 0 Å². The molecule has 3 N–H and O–H groups in total. The number of nitrogens with zero attached hydrogens (tertiary/aromatic N) is 1. The smallest absolute Gasteiger partial charge is 0.257 e. The van der Waals surface area contributed by atoms with E-state index in [1.807, 2.05) is 24.3 Å². The number of amides is 1. The lowest BCUT2D eigenvalue weighted by Crippen LogP contribution is -2.12. The molecule has 3 aromatic rings. The molecule has 0 unspecified atom stereocenters. The molecule has 0 saturated heterocycles. The third-order valence-corrected chi connectivity index (χ3v) is 5.76. The number of anilines is 2. The van der Waals surface area contributed by atoms with Crippen molar-refractivity contribution >= 4 is 28.1 Å². The maximum atomic E-state index is 12.4. The summed E-state index contributed by atoms with van der Waals surface area (Å²) < 4.78 is 0. The van der Waals surface area contributed by atoms with Gasteiger partial charge < -0.3 is 10.4 Å². The number of unbranched alkanes of at least 4 members (excludes halogenated alkanes) is 3. The molecule has 158 valence electrons. The first-order valence-electron chi connectivity index (χ1n) is 10.5. The normalized spacial score (nSPS) is 10.7. The molecule has 0 aliphatic carbocycles. The van der Waals surface area contributed by atoms with E-state index in [-0.39, 0.29) is 12.5 Å². The molecule has 5 nitrogen and oxygen atoms in total. The number of benzene rings is 2. The van der Waals surface area contributed by atoms with Crippen LogP contribution in [0.1, 0.15) is 59.8 Å². The molecule has 1 aromatic heterocycles. The molecule has 0 fully saturated rings. The number of carbonyl (C=O) groups is 1. The lowest BCUT2D eigenvalue weighted by molar-refractivity contribution is 0.102. The predicted octanol–water partition coefficient (Wildman–Crippen LogP) is 5.62. The van der Waals surface area contributed by atoms with Crippen molar-refractivity contribution in [2.75, 3.05) is 10.6 Å². The lowest BCUT2D eigenvalue weighted by Gasteiger charge is -2.12. The summed E-state index contributed by atoms with van der Waals surface area (Å²) in [5.74, 6) is -0.203. The largest absolute Gasteiger partial charge is 0.390 e. The zero-order chi connectivity index (χ0) is 21.2. The molecular weight excluding hydrogens is 394 g/mol. The second kappa shape index (κ2) is 11.5. The summed E-state index contributed by atoms with van der Waals surface area (Å²) in [6.45, 7) is 2.81. The molecule has 0 saturated carbocycles. The van der Waals surface area contributed by atoms with Gasteiger partial charge in [-0.25, -0.2) is 4.98 Å². The molecule has 0 spiro atoms. The monoisotopic (exact) mass is 423 g/mol. The van der Waals surface area contributed by atoms with E-state index in [2.05, 4.69) is 46.8 Å². The van der Waals surface area contributed by atoms with Gasteiger partial charge in [-0.1, -0.05) is 56.5 Å². The van der Waals surface area contributed by atoms with Crippen molar-refractivity contribution in [2.45, 2.75) is 52.2 Å². The van der Waals surface area contributed by atoms with E-state index in [9.17, 15) is 4.79 Å². The molecule has 0 radical (unpaired) electrons. The topological polar surface area (TPSA) is 74.2 Å². The Labute approximate surface area is 182 Å². The minimum absolute atomic E-state index is 0.129. The predicted molar refractivity (Wildman–Crippen MR) is 124 cm³/mol. The highest BCUT2D eigenvalue weighted by atomic mass is 32.1. The fraction of sp³-hybridized carbons (Fsp3) is 0.333. The number of carbonyl (C=O) groups excluding carboxylic acids is 1. The number of aromatic nitrogens is 1. The van der Waals surface area contributed by atoms with Gasteiger partial charge in [0.25, 0.3) is 5.91 Å². The Kier molecular flexibility index (Phi) is 8.41. The van der Waals surface area contributed by atoms with Crippen molar-refractivity contribution in [3.8, 4) is 0 Å².